The van der Waals surface area contributed by atoms with E-state index in [4.69, 9.17) is 5.84 Å². The number of likely N-dealkylation sites (tertiary alicyclic amines) is 1. The Morgan fingerprint density at radius 2 is 2.25 bits per heavy atom. The van der Waals surface area contributed by atoms with Gasteiger partial charge in [0.2, 0.25) is 5.96 Å². The van der Waals surface area contributed by atoms with Gasteiger partial charge in [-0.3, -0.25) is 5.84 Å². The summed E-state index contributed by atoms with van der Waals surface area (Å²) in [6.45, 7) is 10.4. The Labute approximate surface area is 97.3 Å². The van der Waals surface area contributed by atoms with Gasteiger partial charge in [-0.1, -0.05) is 13.5 Å². The van der Waals surface area contributed by atoms with Gasteiger partial charge in [0.1, 0.15) is 0 Å². The maximum absolute atomic E-state index is 5.67. The molecule has 1 heterocycles. The summed E-state index contributed by atoms with van der Waals surface area (Å²) in [6.07, 6.45) is 3.26. The summed E-state index contributed by atoms with van der Waals surface area (Å²) in [6, 6.07) is 0. The predicted molar refractivity (Wildman–Crippen MR) is 68.3 cm³/mol. The number of hydrazine groups is 1. The van der Waals surface area contributed by atoms with Crippen molar-refractivity contribution in [3.63, 3.8) is 0 Å². The Hall–Kier alpha value is -1.20. The van der Waals surface area contributed by atoms with Crippen LogP contribution in [0.4, 0.5) is 0 Å². The topological polar surface area (TPSA) is 57.2 Å². The second-order valence-electron chi connectivity index (χ2n) is 4.58. The summed E-state index contributed by atoms with van der Waals surface area (Å²) in [4.78, 5) is 10.5. The molecule has 16 heavy (non-hydrogen) atoms. The number of aliphatic imine (C=N–C) groups is 2. The molecule has 1 rings (SSSR count). The first kappa shape index (κ1) is 12.9. The van der Waals surface area contributed by atoms with Gasteiger partial charge in [0.05, 0.1) is 0 Å². The fourth-order valence-corrected chi connectivity index (χ4v) is 2.11. The fraction of sp³-hybridized carbons (Fsp3) is 0.636. The molecule has 0 saturated carbocycles. The number of rotatable bonds is 3. The van der Waals surface area contributed by atoms with Crippen LogP contribution in [0.2, 0.25) is 0 Å². The van der Waals surface area contributed by atoms with Gasteiger partial charge < -0.3 is 4.90 Å². The molecular weight excluding hydrogens is 202 g/mol. The molecule has 0 amide bonds. The minimum atomic E-state index is 0.231. The molecule has 1 aliphatic rings. The molecule has 5 nitrogen and oxygen atoms in total. The van der Waals surface area contributed by atoms with E-state index in [0.717, 1.165) is 25.6 Å². The van der Waals surface area contributed by atoms with E-state index in [1.807, 2.05) is 14.0 Å². The molecule has 0 aromatic heterocycles. The smallest absolute Gasteiger partial charge is 0.224 e. The van der Waals surface area contributed by atoms with Crippen LogP contribution in [0.15, 0.2) is 22.8 Å². The third kappa shape index (κ3) is 3.15. The molecule has 2 N–H and O–H groups in total. The van der Waals surface area contributed by atoms with E-state index in [0.29, 0.717) is 0 Å². The summed E-state index contributed by atoms with van der Waals surface area (Å²) in [5.41, 5.74) is 0.231. The van der Waals surface area contributed by atoms with Crippen LogP contribution in [-0.4, -0.2) is 48.8 Å². The van der Waals surface area contributed by atoms with E-state index in [1.54, 1.807) is 11.2 Å². The molecule has 0 radical (unpaired) electrons. The summed E-state index contributed by atoms with van der Waals surface area (Å²) >= 11 is 0. The van der Waals surface area contributed by atoms with Crippen molar-refractivity contribution in [2.45, 2.75) is 13.8 Å². The maximum Gasteiger partial charge on any atom is 0.224 e. The van der Waals surface area contributed by atoms with Crippen molar-refractivity contribution in [3.05, 3.63) is 12.8 Å². The molecule has 1 fully saturated rings. The number of hydrogen-bond acceptors (Lipinski definition) is 3. The van der Waals surface area contributed by atoms with Gasteiger partial charge in [0.25, 0.3) is 0 Å². The Balaban J connectivity index is 2.56. The van der Waals surface area contributed by atoms with Crippen molar-refractivity contribution in [2.24, 2.45) is 21.2 Å². The standard InChI is InChI=1S/C11H21N5/c1-5-13-10(14-6-2)16-8-11(3,9-16)7-15(4)12/h5-6H,1,7-9,12H2,2-4H3/b13-10+,14-6-. The van der Waals surface area contributed by atoms with Gasteiger partial charge in [-0.15, -0.1) is 0 Å². The third-order valence-corrected chi connectivity index (χ3v) is 2.51. The van der Waals surface area contributed by atoms with E-state index in [2.05, 4.69) is 28.4 Å². The van der Waals surface area contributed by atoms with E-state index >= 15 is 0 Å². The van der Waals surface area contributed by atoms with Crippen LogP contribution in [0, 0.1) is 5.41 Å². The van der Waals surface area contributed by atoms with Gasteiger partial charge >= 0.3 is 0 Å². The maximum atomic E-state index is 5.67. The van der Waals surface area contributed by atoms with Gasteiger partial charge in [-0.2, -0.15) is 0 Å². The van der Waals surface area contributed by atoms with Crippen LogP contribution in [0.25, 0.3) is 0 Å². The highest BCUT2D eigenvalue weighted by atomic mass is 15.4. The number of guanidine groups is 1. The molecule has 1 aliphatic heterocycles. The van der Waals surface area contributed by atoms with Crippen molar-refractivity contribution in [2.75, 3.05) is 26.7 Å². The van der Waals surface area contributed by atoms with E-state index in [9.17, 15) is 0 Å². The van der Waals surface area contributed by atoms with Gasteiger partial charge in [-0.25, -0.2) is 15.0 Å². The second kappa shape index (κ2) is 5.23. The molecule has 0 atom stereocenters. The first-order valence-corrected chi connectivity index (χ1v) is 5.39. The molecule has 0 aromatic carbocycles. The molecule has 0 aromatic rings. The fourth-order valence-electron chi connectivity index (χ4n) is 2.11. The van der Waals surface area contributed by atoms with E-state index in [1.165, 1.54) is 6.20 Å². The third-order valence-electron chi connectivity index (χ3n) is 2.51. The minimum Gasteiger partial charge on any atom is -0.340 e. The summed E-state index contributed by atoms with van der Waals surface area (Å²) < 4.78 is 0. The lowest BCUT2D eigenvalue weighted by Gasteiger charge is -2.49. The Morgan fingerprint density at radius 3 is 2.69 bits per heavy atom. The zero-order valence-corrected chi connectivity index (χ0v) is 10.3. The van der Waals surface area contributed by atoms with Gasteiger partial charge in [0.15, 0.2) is 0 Å². The normalized spacial score (nSPS) is 20.3. The van der Waals surface area contributed by atoms with Crippen LogP contribution in [0.5, 0.6) is 0 Å². The minimum absolute atomic E-state index is 0.231. The first-order chi connectivity index (χ1) is 7.50. The molecule has 1 saturated heterocycles. The Morgan fingerprint density at radius 1 is 1.62 bits per heavy atom. The summed E-state index contributed by atoms with van der Waals surface area (Å²) in [7, 11) is 1.89. The number of nitrogens with two attached hydrogens (primary N) is 1. The quantitative estimate of drug-likeness (QED) is 0.332. The first-order valence-electron chi connectivity index (χ1n) is 5.39. The Kier molecular flexibility index (Phi) is 4.20. The zero-order chi connectivity index (χ0) is 12.2. The monoisotopic (exact) mass is 223 g/mol. The SMILES string of the molecule is C=C/N=C(\N=C/C)N1CC(C)(CN(C)N)C1. The van der Waals surface area contributed by atoms with Crippen LogP contribution in [0.1, 0.15) is 13.8 Å². The number of hydrogen-bond donors (Lipinski definition) is 1. The van der Waals surface area contributed by atoms with Crippen LogP contribution in [0.3, 0.4) is 0 Å². The lowest BCUT2D eigenvalue weighted by molar-refractivity contribution is 0.0423. The molecule has 90 valence electrons. The Bertz CT molecular complexity index is 299. The molecule has 0 aliphatic carbocycles. The summed E-state index contributed by atoms with van der Waals surface area (Å²) in [5, 5.41) is 1.73. The second-order valence-corrected chi connectivity index (χ2v) is 4.58. The highest BCUT2D eigenvalue weighted by Crippen LogP contribution is 2.30. The van der Waals surface area contributed by atoms with Crippen molar-refractivity contribution in [1.82, 2.24) is 9.91 Å². The molecule has 0 bridgehead atoms. The highest BCUT2D eigenvalue weighted by molar-refractivity contribution is 5.88. The van der Waals surface area contributed by atoms with Crippen molar-refractivity contribution < 1.29 is 0 Å². The number of nitrogens with zero attached hydrogens (tertiary/aromatic N) is 4. The lowest BCUT2D eigenvalue weighted by atomic mass is 9.82. The van der Waals surface area contributed by atoms with Crippen molar-refractivity contribution in [3.8, 4) is 0 Å². The largest absolute Gasteiger partial charge is 0.340 e. The molecule has 0 unspecified atom stereocenters. The average Bonchev–Trinajstić information content (AvgIpc) is 2.12. The van der Waals surface area contributed by atoms with Gasteiger partial charge in [-0.05, 0) is 6.92 Å². The van der Waals surface area contributed by atoms with Crippen molar-refractivity contribution in [1.29, 1.82) is 0 Å². The van der Waals surface area contributed by atoms with E-state index in [-0.39, 0.29) is 5.41 Å². The van der Waals surface area contributed by atoms with Crippen LogP contribution in [-0.2, 0) is 0 Å². The molecule has 0 spiro atoms. The highest BCUT2D eigenvalue weighted by Gasteiger charge is 2.40. The molecule has 5 heteroatoms. The van der Waals surface area contributed by atoms with Gasteiger partial charge in [0, 0.05) is 44.5 Å². The predicted octanol–water partition coefficient (Wildman–Crippen LogP) is 0.704. The van der Waals surface area contributed by atoms with Crippen molar-refractivity contribution >= 4 is 12.2 Å². The zero-order valence-electron chi connectivity index (χ0n) is 10.3. The summed E-state index contributed by atoms with van der Waals surface area (Å²) in [5.74, 6) is 6.40. The molecular formula is C11H21N5. The van der Waals surface area contributed by atoms with Crippen LogP contribution >= 0.6 is 0 Å². The van der Waals surface area contributed by atoms with E-state index < -0.39 is 0 Å². The average molecular weight is 223 g/mol. The van der Waals surface area contributed by atoms with Crippen LogP contribution < -0.4 is 5.84 Å². The lowest BCUT2D eigenvalue weighted by Crippen LogP contribution is -2.61.